The molecule has 0 saturated heterocycles. The van der Waals surface area contributed by atoms with Gasteiger partial charge >= 0.3 is 25.7 Å². The summed E-state index contributed by atoms with van der Waals surface area (Å²) in [5.41, 5.74) is 0. The molecule has 2 atom stereocenters. The molecule has 260 valence electrons. The molecule has 12 heteroatoms. The molecule has 0 radical (unpaired) electrons. The average Bonchev–Trinajstić information content (AvgIpc) is 2.80. The molecule has 0 aromatic carbocycles. The van der Waals surface area contributed by atoms with Gasteiger partial charge in [-0.2, -0.15) is 0 Å². The van der Waals surface area contributed by atoms with E-state index in [1.165, 1.54) is 83.5 Å². The van der Waals surface area contributed by atoms with Crippen LogP contribution in [-0.4, -0.2) is 72.0 Å². The van der Waals surface area contributed by atoms with Crippen LogP contribution in [0.25, 0.3) is 0 Å². The molecule has 0 bridgehead atoms. The quantitative estimate of drug-likeness (QED) is 0.0457. The van der Waals surface area contributed by atoms with Gasteiger partial charge in [0.1, 0.15) is 0 Å². The zero-order chi connectivity index (χ0) is 33.0. The molecule has 2 unspecified atom stereocenters. The maximum absolute atomic E-state index is 9.11. The smallest absolute Gasteiger partial charge is 0.317 e. The summed E-state index contributed by atoms with van der Waals surface area (Å²) in [5, 5.41) is 18.2. The van der Waals surface area contributed by atoms with Gasteiger partial charge in [0.25, 0.3) is 0 Å². The number of aliphatic hydroxyl groups excluding tert-OH is 1. The van der Waals surface area contributed by atoms with E-state index in [1.54, 1.807) is 0 Å². The van der Waals surface area contributed by atoms with Gasteiger partial charge in [-0.3, -0.25) is 0 Å². The summed E-state index contributed by atoms with van der Waals surface area (Å²) < 4.78 is 33.1. The summed E-state index contributed by atoms with van der Waals surface area (Å²) in [6.07, 6.45) is 18.2. The number of hydrogen-bond acceptors (Lipinski definition) is 7. The molecule has 0 aromatic heterocycles. The Bertz CT molecular complexity index is 688. The molecule has 0 fully saturated rings. The third-order valence-electron chi connectivity index (χ3n) is 7.14. The van der Waals surface area contributed by atoms with Gasteiger partial charge in [0.2, 0.25) is 0 Å². The van der Waals surface area contributed by atoms with Crippen LogP contribution in [0.1, 0.15) is 103 Å². The minimum atomic E-state index is -2.61. The zero-order valence-electron chi connectivity index (χ0n) is 30.4. The number of ether oxygens (including phenoxy) is 1. The van der Waals surface area contributed by atoms with Crippen molar-refractivity contribution < 1.29 is 31.4 Å². The molecule has 2 N–H and O–H groups in total. The van der Waals surface area contributed by atoms with Gasteiger partial charge in [0.15, 0.2) is 22.9 Å². The summed E-state index contributed by atoms with van der Waals surface area (Å²) in [7, 11) is -11.3. The first kappa shape index (κ1) is 43.8. The highest BCUT2D eigenvalue weighted by Gasteiger charge is 2.48. The second-order valence-electron chi connectivity index (χ2n) is 15.3. The fourth-order valence-corrected chi connectivity index (χ4v) is 29.8. The second kappa shape index (κ2) is 22.4. The van der Waals surface area contributed by atoms with Crippen LogP contribution in [0, 0.1) is 0 Å². The predicted molar refractivity (Wildman–Crippen MR) is 195 cm³/mol. The van der Waals surface area contributed by atoms with Crippen LogP contribution in [0.3, 0.4) is 0 Å². The van der Waals surface area contributed by atoms with E-state index in [2.05, 4.69) is 72.4 Å². The summed E-state index contributed by atoms with van der Waals surface area (Å²) in [5.74, 6) is 0. The highest BCUT2D eigenvalue weighted by atomic mass is 28.5. The van der Waals surface area contributed by atoms with E-state index in [1.807, 2.05) is 0 Å². The summed E-state index contributed by atoms with van der Waals surface area (Å²) in [6.45, 7) is 24.8. The Hall–Kier alpha value is 0.804. The monoisotopic (exact) mass is 698 g/mol. The van der Waals surface area contributed by atoms with Crippen molar-refractivity contribution in [2.24, 2.45) is 0 Å². The lowest BCUT2D eigenvalue weighted by atomic mass is 10.0. The highest BCUT2D eigenvalue weighted by Crippen LogP contribution is 2.32. The van der Waals surface area contributed by atoms with Crippen molar-refractivity contribution >= 4 is 42.3 Å². The average molecular weight is 699 g/mol. The molecule has 43 heavy (non-hydrogen) atoms. The molecule has 0 aliphatic heterocycles. The van der Waals surface area contributed by atoms with Crippen LogP contribution in [0.15, 0.2) is 0 Å². The van der Waals surface area contributed by atoms with Crippen molar-refractivity contribution in [1.82, 2.24) is 0 Å². The van der Waals surface area contributed by atoms with Gasteiger partial charge in [0, 0.05) is 6.61 Å². The van der Waals surface area contributed by atoms with Gasteiger partial charge in [-0.15, -0.1) is 0 Å². The number of unbranched alkanes of at least 4 members (excludes halogenated alkanes) is 13. The van der Waals surface area contributed by atoms with Crippen LogP contribution < -0.4 is 0 Å². The Morgan fingerprint density at radius 3 is 1.28 bits per heavy atom. The lowest BCUT2D eigenvalue weighted by Crippen LogP contribution is -2.60. The molecule has 0 saturated carbocycles. The van der Waals surface area contributed by atoms with Gasteiger partial charge in [-0.25, -0.2) is 0 Å². The minimum Gasteiger partial charge on any atom is -0.437 e. The lowest BCUT2D eigenvalue weighted by molar-refractivity contribution is -0.0945. The first-order chi connectivity index (χ1) is 19.8. The summed E-state index contributed by atoms with van der Waals surface area (Å²) in [6, 6.07) is 1.75. The van der Waals surface area contributed by atoms with E-state index < -0.39 is 48.6 Å². The molecule has 0 aliphatic carbocycles. The Balaban J connectivity index is 5.07. The maximum Gasteiger partial charge on any atom is 0.317 e. The Labute approximate surface area is 273 Å². The minimum absolute atomic E-state index is 0.0729. The summed E-state index contributed by atoms with van der Waals surface area (Å²) >= 11 is 0. The van der Waals surface area contributed by atoms with Crippen LogP contribution in [-0.2, 0) is 21.2 Å². The predicted octanol–water partition coefficient (Wildman–Crippen LogP) is 9.77. The van der Waals surface area contributed by atoms with Crippen molar-refractivity contribution in [3.8, 4) is 0 Å². The molecule has 0 heterocycles. The fraction of sp³-hybridized carbons (Fsp3) is 1.00. The van der Waals surface area contributed by atoms with Crippen molar-refractivity contribution in [2.75, 3.05) is 13.2 Å². The largest absolute Gasteiger partial charge is 0.437 e. The number of aliphatic hydroxyl groups is 2. The van der Waals surface area contributed by atoms with Gasteiger partial charge in [0.05, 0.1) is 6.61 Å². The fourth-order valence-electron chi connectivity index (χ4n) is 5.95. The van der Waals surface area contributed by atoms with Gasteiger partial charge in [-0.1, -0.05) is 96.8 Å². The van der Waals surface area contributed by atoms with E-state index >= 15 is 0 Å². The van der Waals surface area contributed by atoms with E-state index in [0.717, 1.165) is 24.9 Å². The van der Waals surface area contributed by atoms with Crippen molar-refractivity contribution in [3.05, 3.63) is 0 Å². The lowest BCUT2D eigenvalue weighted by Gasteiger charge is -2.44. The van der Waals surface area contributed by atoms with E-state index in [9.17, 15) is 0 Å². The molecule has 0 spiro atoms. The molecule has 0 amide bonds. The van der Waals surface area contributed by atoms with E-state index in [4.69, 9.17) is 31.4 Å². The van der Waals surface area contributed by atoms with Gasteiger partial charge < -0.3 is 31.4 Å². The molecular formula is C31H74O7Si5. The normalized spacial score (nSPS) is 16.0. The third kappa shape index (κ3) is 27.6. The SMILES string of the molecule is CCCCCCCCCCCCCCCC[Si](C)(O[Si](C)(C)O[Si](C)(C)C)O[Si](C)(CCCOCC(O)O)O[Si](C)(C)C. The Morgan fingerprint density at radius 1 is 0.465 bits per heavy atom. The summed E-state index contributed by atoms with van der Waals surface area (Å²) in [4.78, 5) is 0. The second-order valence-corrected chi connectivity index (χ2v) is 35.4. The van der Waals surface area contributed by atoms with Gasteiger partial charge in [-0.05, 0) is 84.0 Å². The van der Waals surface area contributed by atoms with E-state index in [-0.39, 0.29) is 6.61 Å². The van der Waals surface area contributed by atoms with Crippen molar-refractivity contribution in [2.45, 2.75) is 187 Å². The number of rotatable bonds is 29. The third-order valence-corrected chi connectivity index (χ3v) is 25.4. The van der Waals surface area contributed by atoms with Crippen molar-refractivity contribution in [1.29, 1.82) is 0 Å². The van der Waals surface area contributed by atoms with Crippen LogP contribution in [0.2, 0.25) is 77.6 Å². The molecular weight excluding hydrogens is 625 g/mol. The van der Waals surface area contributed by atoms with Crippen LogP contribution in [0.4, 0.5) is 0 Å². The highest BCUT2D eigenvalue weighted by molar-refractivity contribution is 6.90. The first-order valence-electron chi connectivity index (χ1n) is 17.5. The van der Waals surface area contributed by atoms with E-state index in [0.29, 0.717) is 6.61 Å². The zero-order valence-corrected chi connectivity index (χ0v) is 35.4. The topological polar surface area (TPSA) is 86.6 Å². The molecule has 7 nitrogen and oxygen atoms in total. The van der Waals surface area contributed by atoms with Crippen LogP contribution in [0.5, 0.6) is 0 Å². The molecule has 0 aliphatic rings. The maximum atomic E-state index is 9.11. The van der Waals surface area contributed by atoms with Crippen molar-refractivity contribution in [3.63, 3.8) is 0 Å². The molecule has 0 rings (SSSR count). The Morgan fingerprint density at radius 2 is 0.860 bits per heavy atom. The first-order valence-corrected chi connectivity index (χ1v) is 32.2. The Kier molecular flexibility index (Phi) is 22.8. The molecule has 0 aromatic rings. The van der Waals surface area contributed by atoms with Crippen LogP contribution >= 0.6 is 0 Å². The standard InChI is InChI=1S/C31H74O7Si5/c1-12-13-14-15-16-17-18-19-20-21-22-23-24-25-28-43(11,37-41(8,9)35-39(2,3)4)38-42(10,36-40(5,6)7)29-26-27-34-30-31(32)33/h31-33H,12-30H2,1-11H3. The number of hydrogen-bond donors (Lipinski definition) is 2.